The molecule has 3 N–H and O–H groups in total. The molecule has 3 aromatic heterocycles. The molecule has 0 aliphatic carbocycles. The third-order valence-corrected chi connectivity index (χ3v) is 7.95. The Morgan fingerprint density at radius 1 is 0.882 bits per heavy atom. The van der Waals surface area contributed by atoms with Crippen LogP contribution < -0.4 is 20.1 Å². The van der Waals surface area contributed by atoms with E-state index < -0.39 is 23.4 Å². The van der Waals surface area contributed by atoms with E-state index in [1.165, 1.54) is 18.5 Å². The highest BCUT2D eigenvalue weighted by atomic mass is 19.4. The summed E-state index contributed by atoms with van der Waals surface area (Å²) in [6.07, 6.45) is -0.343. The van der Waals surface area contributed by atoms with Crippen molar-refractivity contribution in [3.8, 4) is 40.0 Å². The number of nitrogens with zero attached hydrogens (tertiary/aromatic N) is 5. The standard InChI is InChI=1S/C36H30F3N7O5/c1-35(2,48)23-5-3-4-22(14-23)28-11-8-24(36(37,38)39)15-29(28)44-33(47)43-25-16-41-34(42-17-25)51-26-9-6-21(7-10-26)30-18-40-31-12-13-32(45-46(30)31)50-27-19-49-20-27/h3-18,27,48H,19-20H2,1-2H3,(H2,43,44,47). The summed E-state index contributed by atoms with van der Waals surface area (Å²) in [5.74, 6) is 0.912. The predicted molar refractivity (Wildman–Crippen MR) is 181 cm³/mol. The Hall–Kier alpha value is -6.06. The van der Waals surface area contributed by atoms with Crippen molar-refractivity contribution >= 4 is 23.1 Å². The molecule has 0 unspecified atom stereocenters. The Morgan fingerprint density at radius 2 is 1.65 bits per heavy atom. The van der Waals surface area contributed by atoms with Gasteiger partial charge in [0.25, 0.3) is 0 Å². The number of aromatic nitrogens is 5. The molecule has 0 saturated carbocycles. The number of alkyl halides is 3. The van der Waals surface area contributed by atoms with E-state index in [0.29, 0.717) is 47.2 Å². The molecular formula is C36H30F3N7O5. The maximum atomic E-state index is 13.6. The second-order valence-electron chi connectivity index (χ2n) is 12.2. The average molecular weight is 698 g/mol. The number of nitrogens with one attached hydrogen (secondary N) is 2. The second kappa shape index (κ2) is 13.3. The Kier molecular flexibility index (Phi) is 8.74. The van der Waals surface area contributed by atoms with Crippen molar-refractivity contribution < 1.29 is 37.3 Å². The van der Waals surface area contributed by atoms with Gasteiger partial charge in [0, 0.05) is 17.2 Å². The molecule has 51 heavy (non-hydrogen) atoms. The Bertz CT molecular complexity index is 2200. The number of carbonyl (C=O) groups is 1. The highest BCUT2D eigenvalue weighted by Gasteiger charge is 2.31. The van der Waals surface area contributed by atoms with Gasteiger partial charge in [-0.05, 0) is 73.5 Å². The van der Waals surface area contributed by atoms with Gasteiger partial charge in [0.05, 0.1) is 60.0 Å². The van der Waals surface area contributed by atoms with Gasteiger partial charge >= 0.3 is 18.2 Å². The minimum absolute atomic E-state index is 0.00111. The summed E-state index contributed by atoms with van der Waals surface area (Å²) in [6, 6.07) is 19.7. The van der Waals surface area contributed by atoms with Crippen LogP contribution in [-0.2, 0) is 16.5 Å². The quantitative estimate of drug-likeness (QED) is 0.142. The Balaban J connectivity index is 1.02. The summed E-state index contributed by atoms with van der Waals surface area (Å²) < 4.78 is 59.2. The zero-order valence-corrected chi connectivity index (χ0v) is 27.2. The van der Waals surface area contributed by atoms with Crippen LogP contribution in [0.5, 0.6) is 17.6 Å². The number of halogens is 3. The second-order valence-corrected chi connectivity index (χ2v) is 12.2. The van der Waals surface area contributed by atoms with Gasteiger partial charge in [0.15, 0.2) is 5.65 Å². The molecule has 0 atom stereocenters. The Morgan fingerprint density at radius 3 is 2.33 bits per heavy atom. The molecule has 3 aromatic carbocycles. The first-order valence-electron chi connectivity index (χ1n) is 15.7. The lowest BCUT2D eigenvalue weighted by atomic mass is 9.93. The van der Waals surface area contributed by atoms with Crippen LogP contribution >= 0.6 is 0 Å². The first kappa shape index (κ1) is 33.4. The number of aliphatic hydroxyl groups is 1. The van der Waals surface area contributed by atoms with Crippen molar-refractivity contribution in [2.75, 3.05) is 23.8 Å². The number of imidazole rings is 1. The molecule has 0 spiro atoms. The molecule has 1 saturated heterocycles. The van der Waals surface area contributed by atoms with Crippen LogP contribution in [0.1, 0.15) is 25.0 Å². The molecule has 1 fully saturated rings. The van der Waals surface area contributed by atoms with Gasteiger partial charge < -0.3 is 30.0 Å². The third kappa shape index (κ3) is 7.59. The number of ether oxygens (including phenoxy) is 3. The number of carbonyl (C=O) groups excluding carboxylic acids is 1. The van der Waals surface area contributed by atoms with Crippen molar-refractivity contribution in [2.24, 2.45) is 0 Å². The topological polar surface area (TPSA) is 145 Å². The van der Waals surface area contributed by atoms with E-state index in [0.717, 1.165) is 23.4 Å². The first-order chi connectivity index (χ1) is 24.4. The van der Waals surface area contributed by atoms with Gasteiger partial charge in [0.1, 0.15) is 11.9 Å². The Labute approximate surface area is 288 Å². The highest BCUT2D eigenvalue weighted by Crippen LogP contribution is 2.37. The van der Waals surface area contributed by atoms with Crippen LogP contribution in [0.4, 0.5) is 29.3 Å². The van der Waals surface area contributed by atoms with E-state index in [-0.39, 0.29) is 23.5 Å². The maximum Gasteiger partial charge on any atom is 0.416 e. The lowest BCUT2D eigenvalue weighted by molar-refractivity contribution is -0.137. The van der Waals surface area contributed by atoms with Crippen molar-refractivity contribution in [3.05, 3.63) is 109 Å². The zero-order valence-electron chi connectivity index (χ0n) is 27.2. The molecule has 260 valence electrons. The predicted octanol–water partition coefficient (Wildman–Crippen LogP) is 7.31. The highest BCUT2D eigenvalue weighted by molar-refractivity contribution is 6.02. The molecule has 1 aliphatic rings. The number of hydrogen-bond donors (Lipinski definition) is 3. The molecule has 12 nitrogen and oxygen atoms in total. The fourth-order valence-electron chi connectivity index (χ4n) is 5.23. The van der Waals surface area contributed by atoms with E-state index >= 15 is 0 Å². The lowest BCUT2D eigenvalue weighted by Crippen LogP contribution is -2.38. The van der Waals surface area contributed by atoms with Crippen LogP contribution in [0.2, 0.25) is 0 Å². The van der Waals surface area contributed by atoms with E-state index in [1.807, 2.05) is 18.2 Å². The zero-order chi connectivity index (χ0) is 35.8. The number of anilines is 2. The van der Waals surface area contributed by atoms with E-state index in [1.54, 1.807) is 67.0 Å². The number of amides is 2. The number of fused-ring (bicyclic) bond motifs is 1. The number of benzene rings is 3. The normalized spacial score (nSPS) is 13.5. The van der Waals surface area contributed by atoms with Gasteiger partial charge in [-0.15, -0.1) is 5.10 Å². The molecule has 7 rings (SSSR count). The summed E-state index contributed by atoms with van der Waals surface area (Å²) in [6.45, 7) is 4.26. The largest absolute Gasteiger partial charge is 0.468 e. The molecular weight excluding hydrogens is 667 g/mol. The molecule has 6 aromatic rings. The molecule has 4 heterocycles. The smallest absolute Gasteiger partial charge is 0.416 e. The van der Waals surface area contributed by atoms with Gasteiger partial charge in [-0.25, -0.2) is 24.3 Å². The van der Waals surface area contributed by atoms with Crippen molar-refractivity contribution in [1.82, 2.24) is 24.6 Å². The number of rotatable bonds is 9. The minimum Gasteiger partial charge on any atom is -0.468 e. The fourth-order valence-corrected chi connectivity index (χ4v) is 5.23. The summed E-state index contributed by atoms with van der Waals surface area (Å²) in [5, 5.41) is 20.0. The van der Waals surface area contributed by atoms with Gasteiger partial charge in [-0.1, -0.05) is 24.3 Å². The molecule has 1 aliphatic heterocycles. The van der Waals surface area contributed by atoms with E-state index in [4.69, 9.17) is 14.2 Å². The average Bonchev–Trinajstić information content (AvgIpc) is 3.50. The van der Waals surface area contributed by atoms with Gasteiger partial charge in [-0.3, -0.25) is 0 Å². The molecule has 0 radical (unpaired) electrons. The number of hydrogen-bond acceptors (Lipinski definition) is 9. The first-order valence-corrected chi connectivity index (χ1v) is 15.7. The summed E-state index contributed by atoms with van der Waals surface area (Å²) in [7, 11) is 0. The number of urea groups is 1. The van der Waals surface area contributed by atoms with Crippen molar-refractivity contribution in [2.45, 2.75) is 31.7 Å². The molecule has 15 heteroatoms. The lowest BCUT2D eigenvalue weighted by Gasteiger charge is -2.25. The monoisotopic (exact) mass is 697 g/mol. The van der Waals surface area contributed by atoms with E-state index in [2.05, 4.69) is 30.7 Å². The SMILES string of the molecule is CC(C)(O)c1cccc(-c2ccc(C(F)(F)F)cc2NC(=O)Nc2cnc(Oc3ccc(-c4cnc5ccc(OC6COC6)nn45)cc3)nc2)c1. The minimum atomic E-state index is -4.64. The molecule has 2 amide bonds. The summed E-state index contributed by atoms with van der Waals surface area (Å²) in [4.78, 5) is 25.7. The summed E-state index contributed by atoms with van der Waals surface area (Å²) in [5.41, 5.74) is 1.57. The van der Waals surface area contributed by atoms with Crippen LogP contribution in [0.3, 0.4) is 0 Å². The third-order valence-electron chi connectivity index (χ3n) is 7.95. The van der Waals surface area contributed by atoms with Crippen LogP contribution in [0, 0.1) is 0 Å². The van der Waals surface area contributed by atoms with Crippen molar-refractivity contribution in [3.63, 3.8) is 0 Å². The van der Waals surface area contributed by atoms with Crippen LogP contribution in [0.15, 0.2) is 97.5 Å². The molecule has 0 bridgehead atoms. The summed E-state index contributed by atoms with van der Waals surface area (Å²) >= 11 is 0. The van der Waals surface area contributed by atoms with Crippen LogP contribution in [0.25, 0.3) is 28.0 Å². The van der Waals surface area contributed by atoms with Gasteiger partial charge in [-0.2, -0.15) is 13.2 Å². The van der Waals surface area contributed by atoms with Gasteiger partial charge in [0.2, 0.25) is 5.88 Å². The van der Waals surface area contributed by atoms with Crippen LogP contribution in [-0.4, -0.2) is 55.0 Å². The van der Waals surface area contributed by atoms with E-state index in [9.17, 15) is 23.1 Å². The van der Waals surface area contributed by atoms with Crippen molar-refractivity contribution in [1.29, 1.82) is 0 Å². The fraction of sp³-hybridized carbons (Fsp3) is 0.194. The maximum absolute atomic E-state index is 13.6.